The van der Waals surface area contributed by atoms with Gasteiger partial charge < -0.3 is 16.8 Å². The summed E-state index contributed by atoms with van der Waals surface area (Å²) in [5.41, 5.74) is 13.8. The summed E-state index contributed by atoms with van der Waals surface area (Å²) >= 11 is 1.90. The van der Waals surface area contributed by atoms with Crippen molar-refractivity contribution in [1.29, 1.82) is 10.5 Å². The van der Waals surface area contributed by atoms with E-state index in [0.29, 0.717) is 23.2 Å². The lowest BCUT2D eigenvalue weighted by molar-refractivity contribution is 0.290. The van der Waals surface area contributed by atoms with Crippen LogP contribution in [0.4, 0.5) is 21.7 Å². The number of pyridine rings is 1. The minimum Gasteiger partial charge on any atom is -0.397 e. The lowest BCUT2D eigenvalue weighted by Gasteiger charge is -2.27. The first-order valence-corrected chi connectivity index (χ1v) is 10.7. The van der Waals surface area contributed by atoms with Crippen LogP contribution in [0.25, 0.3) is 0 Å². The van der Waals surface area contributed by atoms with E-state index in [1.165, 1.54) is 6.07 Å². The van der Waals surface area contributed by atoms with Gasteiger partial charge in [0.1, 0.15) is 35.1 Å². The summed E-state index contributed by atoms with van der Waals surface area (Å²) in [6.45, 7) is 2.40. The normalized spacial score (nSPS) is 18.2. The number of anilines is 3. The van der Waals surface area contributed by atoms with Crippen molar-refractivity contribution in [2.75, 3.05) is 41.4 Å². The van der Waals surface area contributed by atoms with Gasteiger partial charge in [-0.15, -0.1) is 0 Å². The third kappa shape index (κ3) is 4.06. The second-order valence-corrected chi connectivity index (χ2v) is 8.37. The van der Waals surface area contributed by atoms with Crippen LogP contribution in [0.1, 0.15) is 28.3 Å². The predicted molar refractivity (Wildman–Crippen MR) is 118 cm³/mol. The molecule has 2 aliphatic heterocycles. The Morgan fingerprint density at radius 3 is 2.74 bits per heavy atom. The SMILES string of the molecule is N#CNC1=NC(c2ccc(CN3CCSCC3)c(F)c2)c2c(nc(N)c(C#N)c2N)N1. The summed E-state index contributed by atoms with van der Waals surface area (Å²) in [6.07, 6.45) is 1.79. The van der Waals surface area contributed by atoms with Crippen LogP contribution in [-0.4, -0.2) is 40.4 Å². The number of nitrogen functional groups attached to an aromatic ring is 2. The van der Waals surface area contributed by atoms with Gasteiger partial charge in [-0.3, -0.25) is 10.2 Å². The van der Waals surface area contributed by atoms with Crippen molar-refractivity contribution >= 4 is 35.0 Å². The maximum atomic E-state index is 15.0. The number of hydrogen-bond donors (Lipinski definition) is 4. The molecule has 1 aromatic heterocycles. The maximum absolute atomic E-state index is 15.0. The minimum atomic E-state index is -0.762. The number of nitrogens with zero attached hydrogens (tertiary/aromatic N) is 5. The summed E-state index contributed by atoms with van der Waals surface area (Å²) in [7, 11) is 0. The maximum Gasteiger partial charge on any atom is 0.211 e. The van der Waals surface area contributed by atoms with Crippen LogP contribution < -0.4 is 22.1 Å². The first-order valence-electron chi connectivity index (χ1n) is 9.59. The third-order valence-electron chi connectivity index (χ3n) is 5.25. The van der Waals surface area contributed by atoms with E-state index in [1.54, 1.807) is 18.3 Å². The van der Waals surface area contributed by atoms with Crippen molar-refractivity contribution in [2.45, 2.75) is 12.6 Å². The number of hydrogen-bond acceptors (Lipinski definition) is 10. The molecule has 4 rings (SSSR count). The van der Waals surface area contributed by atoms with Crippen molar-refractivity contribution in [1.82, 2.24) is 15.2 Å². The van der Waals surface area contributed by atoms with Crippen molar-refractivity contribution < 1.29 is 4.39 Å². The zero-order valence-electron chi connectivity index (χ0n) is 16.5. The van der Waals surface area contributed by atoms with Crippen LogP contribution in [0, 0.1) is 28.6 Å². The van der Waals surface area contributed by atoms with Gasteiger partial charge in [0.05, 0.1) is 5.69 Å². The first kappa shape index (κ1) is 20.7. The highest BCUT2D eigenvalue weighted by molar-refractivity contribution is 7.99. The number of benzene rings is 1. The van der Waals surface area contributed by atoms with Crippen LogP contribution in [0.3, 0.4) is 0 Å². The molecule has 2 aliphatic rings. The molecule has 158 valence electrons. The van der Waals surface area contributed by atoms with Gasteiger partial charge >= 0.3 is 0 Å². The van der Waals surface area contributed by atoms with E-state index in [2.05, 4.69) is 25.5 Å². The quantitative estimate of drug-likeness (QED) is 0.415. The van der Waals surface area contributed by atoms with Gasteiger partial charge in [-0.2, -0.15) is 22.3 Å². The highest BCUT2D eigenvalue weighted by Crippen LogP contribution is 2.40. The Labute approximate surface area is 182 Å². The van der Waals surface area contributed by atoms with Gasteiger partial charge in [-0.25, -0.2) is 14.4 Å². The molecule has 0 bridgehead atoms. The number of nitrogens with one attached hydrogen (secondary N) is 2. The number of aliphatic imine (C=N–C) groups is 1. The van der Waals surface area contributed by atoms with Crippen molar-refractivity contribution in [2.24, 2.45) is 4.99 Å². The van der Waals surface area contributed by atoms with Crippen LogP contribution in [0.2, 0.25) is 0 Å². The number of guanidine groups is 1. The number of halogens is 1. The van der Waals surface area contributed by atoms with Gasteiger partial charge in [0.15, 0.2) is 6.19 Å². The monoisotopic (exact) mass is 437 g/mol. The second kappa shape index (κ2) is 8.68. The summed E-state index contributed by atoms with van der Waals surface area (Å²) in [6, 6.07) is 6.14. The van der Waals surface area contributed by atoms with E-state index < -0.39 is 6.04 Å². The molecule has 0 saturated carbocycles. The van der Waals surface area contributed by atoms with Gasteiger partial charge in [-0.05, 0) is 11.6 Å². The Bertz CT molecular complexity index is 1130. The number of nitrogens with two attached hydrogens (primary N) is 2. The zero-order chi connectivity index (χ0) is 22.0. The van der Waals surface area contributed by atoms with E-state index in [-0.39, 0.29) is 34.7 Å². The molecule has 2 aromatic rings. The van der Waals surface area contributed by atoms with E-state index in [4.69, 9.17) is 16.7 Å². The van der Waals surface area contributed by atoms with Crippen molar-refractivity contribution in [3.63, 3.8) is 0 Å². The molecule has 0 aliphatic carbocycles. The average Bonchev–Trinajstić information content (AvgIpc) is 2.76. The summed E-state index contributed by atoms with van der Waals surface area (Å²) in [5, 5.41) is 23.7. The fraction of sp³-hybridized carbons (Fsp3) is 0.300. The number of thioether (sulfide) groups is 1. The van der Waals surface area contributed by atoms with Crippen molar-refractivity contribution in [3.05, 3.63) is 46.3 Å². The largest absolute Gasteiger partial charge is 0.397 e. The minimum absolute atomic E-state index is 0.0376. The predicted octanol–water partition coefficient (Wildman–Crippen LogP) is 1.75. The molecule has 1 fully saturated rings. The lowest BCUT2D eigenvalue weighted by atomic mass is 9.94. The highest BCUT2D eigenvalue weighted by atomic mass is 32.2. The molecule has 11 heteroatoms. The van der Waals surface area contributed by atoms with Crippen LogP contribution in [0.15, 0.2) is 23.2 Å². The van der Waals surface area contributed by atoms with E-state index >= 15 is 4.39 Å². The lowest BCUT2D eigenvalue weighted by Crippen LogP contribution is -2.33. The number of rotatable bonds is 3. The standard InChI is InChI=1S/C20H20FN9S/c21-14-7-11(1-2-12(14)9-30-3-5-31-6-4-30)17-15-16(24)13(8-22)18(25)28-19(15)29-20(27-17)26-10-23/h1-2,7,17H,3-6,9H2,(H6,24,25,26,27,28,29). The molecule has 9 nitrogen and oxygen atoms in total. The number of fused-ring (bicyclic) bond motifs is 1. The smallest absolute Gasteiger partial charge is 0.211 e. The molecule has 1 unspecified atom stereocenters. The topological polar surface area (TPSA) is 152 Å². The highest BCUT2D eigenvalue weighted by Gasteiger charge is 2.30. The summed E-state index contributed by atoms with van der Waals surface area (Å²) in [5.74, 6) is 2.11. The summed E-state index contributed by atoms with van der Waals surface area (Å²) < 4.78 is 15.0. The molecule has 3 heterocycles. The second-order valence-electron chi connectivity index (χ2n) is 7.14. The number of aromatic nitrogens is 1. The average molecular weight is 438 g/mol. The Balaban J connectivity index is 1.73. The van der Waals surface area contributed by atoms with Gasteiger partial charge in [0, 0.05) is 42.3 Å². The Morgan fingerprint density at radius 2 is 2.06 bits per heavy atom. The molecule has 0 spiro atoms. The van der Waals surface area contributed by atoms with Gasteiger partial charge in [0.2, 0.25) is 5.96 Å². The number of nitriles is 2. The molecule has 1 aromatic carbocycles. The molecular formula is C20H20FN9S. The molecule has 6 N–H and O–H groups in total. The zero-order valence-corrected chi connectivity index (χ0v) is 17.3. The van der Waals surface area contributed by atoms with E-state index in [1.807, 2.05) is 17.8 Å². The fourth-order valence-corrected chi connectivity index (χ4v) is 4.66. The van der Waals surface area contributed by atoms with Crippen LogP contribution >= 0.6 is 11.8 Å². The van der Waals surface area contributed by atoms with E-state index in [9.17, 15) is 5.26 Å². The molecule has 1 atom stereocenters. The molecule has 1 saturated heterocycles. The fourth-order valence-electron chi connectivity index (χ4n) is 3.68. The van der Waals surface area contributed by atoms with Gasteiger partial charge in [0.25, 0.3) is 0 Å². The van der Waals surface area contributed by atoms with Crippen molar-refractivity contribution in [3.8, 4) is 12.3 Å². The Kier molecular flexibility index (Phi) is 5.80. The molecule has 31 heavy (non-hydrogen) atoms. The molecule has 0 amide bonds. The summed E-state index contributed by atoms with van der Waals surface area (Å²) in [4.78, 5) is 10.9. The Hall–Kier alpha value is -3.54. The Morgan fingerprint density at radius 1 is 1.29 bits per heavy atom. The van der Waals surface area contributed by atoms with Gasteiger partial charge in [-0.1, -0.05) is 12.1 Å². The van der Waals surface area contributed by atoms with E-state index in [0.717, 1.165) is 24.6 Å². The first-order chi connectivity index (χ1) is 15.0. The van der Waals surface area contributed by atoms with Crippen LogP contribution in [0.5, 0.6) is 0 Å². The van der Waals surface area contributed by atoms with Crippen LogP contribution in [-0.2, 0) is 6.54 Å². The third-order valence-corrected chi connectivity index (χ3v) is 6.19. The molecule has 0 radical (unpaired) electrons. The molecular weight excluding hydrogens is 417 g/mol.